The Hall–Kier alpha value is -6.68. The second kappa shape index (κ2) is 12.9. The van der Waals surface area contributed by atoms with Gasteiger partial charge in [0.2, 0.25) is 0 Å². The van der Waals surface area contributed by atoms with Gasteiger partial charge in [0.15, 0.2) is 0 Å². The number of nitrogens with zero attached hydrogens (tertiary/aromatic N) is 1. The van der Waals surface area contributed by atoms with Crippen molar-refractivity contribution in [3.8, 4) is 55.6 Å². The van der Waals surface area contributed by atoms with Crippen LogP contribution in [0.15, 0.2) is 212 Å². The fourth-order valence-electron chi connectivity index (χ4n) is 10.8. The summed E-state index contributed by atoms with van der Waals surface area (Å²) in [6, 6.07) is 80.1. The molecule has 0 N–H and O–H groups in total. The van der Waals surface area contributed by atoms with Crippen molar-refractivity contribution in [3.63, 3.8) is 0 Å². The first-order valence-corrected chi connectivity index (χ1v) is 25.0. The van der Waals surface area contributed by atoms with E-state index in [1.807, 2.05) is 0 Å². The van der Waals surface area contributed by atoms with Crippen LogP contribution in [0.4, 0.5) is 17.1 Å². The molecule has 0 atom stereocenters. The molecule has 0 fully saturated rings. The zero-order valence-corrected chi connectivity index (χ0v) is 35.3. The van der Waals surface area contributed by atoms with Crippen LogP contribution in [-0.2, 0) is 5.41 Å². The van der Waals surface area contributed by atoms with Gasteiger partial charge in [-0.2, -0.15) is 0 Å². The Morgan fingerprint density at radius 3 is 1.27 bits per heavy atom. The number of rotatable bonds is 5. The minimum absolute atomic E-state index is 0.111. The van der Waals surface area contributed by atoms with Crippen LogP contribution in [0.3, 0.4) is 0 Å². The average molecular weight is 813 g/mol. The van der Waals surface area contributed by atoms with Gasteiger partial charge in [-0.3, -0.25) is 0 Å². The molecule has 0 saturated heterocycles. The van der Waals surface area contributed by atoms with E-state index in [-0.39, 0.29) is 5.41 Å². The Morgan fingerprint density at radius 2 is 0.695 bits per heavy atom. The topological polar surface area (TPSA) is 3.24 Å². The first kappa shape index (κ1) is 34.4. The van der Waals surface area contributed by atoms with Crippen molar-refractivity contribution < 1.29 is 0 Å². The summed E-state index contributed by atoms with van der Waals surface area (Å²) in [4.78, 5) is 2.51. The fourth-order valence-corrected chi connectivity index (χ4v) is 22.6. The molecule has 0 bridgehead atoms. The maximum absolute atomic E-state index is 3.39. The van der Waals surface area contributed by atoms with Gasteiger partial charge in [0, 0.05) is 0 Å². The molecule has 2 heteroatoms. The van der Waals surface area contributed by atoms with Crippen LogP contribution in [0.1, 0.15) is 25.0 Å². The number of hydrogen-bond donors (Lipinski definition) is 0. The summed E-state index contributed by atoms with van der Waals surface area (Å²) in [6.07, 6.45) is 0. The number of anilines is 3. The molecule has 9 aromatic rings. The van der Waals surface area contributed by atoms with Crippen molar-refractivity contribution in [2.45, 2.75) is 19.3 Å². The molecule has 278 valence electrons. The fraction of sp³-hybridized carbons (Fsp3) is 0.0526. The summed E-state index contributed by atoms with van der Waals surface area (Å²) in [5, 5.41) is 0. The standard InChI is InChI=1S/C57H41GeN/c1-57(2)51-20-10-6-16-45(51)46-34-32-43(36-52(46)57)59(42-30-28-41(29-31-42)40-26-24-39(25-27-40)38-14-4-3-5-15-38)44-33-35-50-49-19-9-13-23-55(49)58(56(50)37-44)53-21-11-7-17-47(53)48-18-8-12-22-54(48)58/h3-37H,1-2H3. The molecule has 12 rings (SSSR count). The Labute approximate surface area is 349 Å². The van der Waals surface area contributed by atoms with Crippen molar-refractivity contribution in [1.29, 1.82) is 0 Å². The van der Waals surface area contributed by atoms with Crippen LogP contribution in [0.5, 0.6) is 0 Å². The Kier molecular flexibility index (Phi) is 7.52. The number of hydrogen-bond acceptors (Lipinski definition) is 1. The molecule has 1 aliphatic carbocycles. The summed E-state index contributed by atoms with van der Waals surface area (Å²) in [7, 11) is 0. The van der Waals surface area contributed by atoms with Crippen LogP contribution >= 0.6 is 0 Å². The molecule has 3 aliphatic rings. The van der Waals surface area contributed by atoms with Crippen molar-refractivity contribution in [3.05, 3.63) is 223 Å². The van der Waals surface area contributed by atoms with E-state index in [4.69, 9.17) is 0 Å². The van der Waals surface area contributed by atoms with Gasteiger partial charge in [-0.15, -0.1) is 0 Å². The molecule has 2 aliphatic heterocycles. The molecule has 0 unspecified atom stereocenters. The Balaban J connectivity index is 1.04. The minimum atomic E-state index is -3.39. The van der Waals surface area contributed by atoms with E-state index >= 15 is 0 Å². The normalized spacial score (nSPS) is 14.2. The molecule has 9 aromatic carbocycles. The second-order valence-corrected chi connectivity index (χ2v) is 24.5. The van der Waals surface area contributed by atoms with Crippen molar-refractivity contribution in [2.24, 2.45) is 0 Å². The summed E-state index contributed by atoms with van der Waals surface area (Å²) < 4.78 is 6.16. The maximum atomic E-state index is 2.58. The molecule has 2 heterocycles. The molecular weight excluding hydrogens is 771 g/mol. The van der Waals surface area contributed by atoms with Crippen LogP contribution in [0.2, 0.25) is 0 Å². The molecule has 0 amide bonds. The predicted molar refractivity (Wildman–Crippen MR) is 251 cm³/mol. The zero-order chi connectivity index (χ0) is 39.3. The van der Waals surface area contributed by atoms with Gasteiger partial charge in [-0.05, 0) is 5.56 Å². The molecular formula is C57H41GeN. The zero-order valence-electron chi connectivity index (χ0n) is 33.2. The molecule has 0 radical (unpaired) electrons. The third-order valence-electron chi connectivity index (χ3n) is 13.5. The molecule has 1 nitrogen and oxygen atoms in total. The molecule has 59 heavy (non-hydrogen) atoms. The molecule has 0 aromatic heterocycles. The van der Waals surface area contributed by atoms with Crippen LogP contribution in [0, 0.1) is 0 Å². The van der Waals surface area contributed by atoms with E-state index in [1.54, 1.807) is 13.2 Å². The van der Waals surface area contributed by atoms with Gasteiger partial charge in [0.25, 0.3) is 0 Å². The summed E-state index contributed by atoms with van der Waals surface area (Å²) in [6.45, 7) is 4.76. The van der Waals surface area contributed by atoms with Gasteiger partial charge in [0.05, 0.1) is 0 Å². The number of fused-ring (bicyclic) bond motifs is 13. The van der Waals surface area contributed by atoms with Crippen LogP contribution in [-0.4, -0.2) is 13.3 Å². The SMILES string of the molecule is CC1(C)c2ccccc2-c2ccc(N(c3ccc(-c4ccc(-c5ccccc5)cc4)cc3)c3ccc4[c](c3)[Ge]3([c]5ccccc5-c5cccc[c]53)[c]3ccccc3-4)cc21. The van der Waals surface area contributed by atoms with Gasteiger partial charge >= 0.3 is 315 Å². The van der Waals surface area contributed by atoms with E-state index in [2.05, 4.69) is 231 Å². The average Bonchev–Trinajstić information content (AvgIpc) is 3.85. The van der Waals surface area contributed by atoms with Crippen LogP contribution in [0.25, 0.3) is 55.6 Å². The summed E-state index contributed by atoms with van der Waals surface area (Å²) >= 11 is -3.39. The summed E-state index contributed by atoms with van der Waals surface area (Å²) in [5.74, 6) is 0. The Bertz CT molecular complexity index is 3060. The monoisotopic (exact) mass is 813 g/mol. The van der Waals surface area contributed by atoms with Gasteiger partial charge in [0.1, 0.15) is 0 Å². The van der Waals surface area contributed by atoms with Gasteiger partial charge in [-0.25, -0.2) is 0 Å². The van der Waals surface area contributed by atoms with E-state index in [0.29, 0.717) is 0 Å². The van der Waals surface area contributed by atoms with Crippen molar-refractivity contribution >= 4 is 47.9 Å². The van der Waals surface area contributed by atoms with Gasteiger partial charge < -0.3 is 0 Å². The predicted octanol–water partition coefficient (Wildman–Crippen LogP) is 12.1. The first-order chi connectivity index (χ1) is 29.0. The second-order valence-electron chi connectivity index (χ2n) is 16.8. The third kappa shape index (κ3) is 4.92. The van der Waals surface area contributed by atoms with Crippen molar-refractivity contribution in [1.82, 2.24) is 0 Å². The first-order valence-electron chi connectivity index (χ1n) is 20.8. The van der Waals surface area contributed by atoms with E-state index in [1.165, 1.54) is 82.5 Å². The van der Waals surface area contributed by atoms with Gasteiger partial charge in [-0.1, -0.05) is 30.3 Å². The summed E-state index contributed by atoms with van der Waals surface area (Å²) in [5.41, 5.74) is 19.3. The Morgan fingerprint density at radius 1 is 0.305 bits per heavy atom. The number of benzene rings is 9. The molecule has 0 saturated carbocycles. The van der Waals surface area contributed by atoms with E-state index in [9.17, 15) is 0 Å². The quantitative estimate of drug-likeness (QED) is 0.157. The van der Waals surface area contributed by atoms with Crippen molar-refractivity contribution in [2.75, 3.05) is 4.90 Å². The van der Waals surface area contributed by atoms with Crippen LogP contribution < -0.4 is 22.5 Å². The molecule has 1 spiro atoms. The third-order valence-corrected chi connectivity index (χ3v) is 23.9. The van der Waals surface area contributed by atoms with E-state index < -0.39 is 13.3 Å². The van der Waals surface area contributed by atoms with E-state index in [0.717, 1.165) is 5.69 Å².